The molecule has 0 aliphatic heterocycles. The first-order valence-corrected chi connectivity index (χ1v) is 8.76. The van der Waals surface area contributed by atoms with Gasteiger partial charge in [-0.1, -0.05) is 44.2 Å². The van der Waals surface area contributed by atoms with Gasteiger partial charge in [0.1, 0.15) is 11.5 Å². The Labute approximate surface area is 150 Å². The summed E-state index contributed by atoms with van der Waals surface area (Å²) in [7, 11) is 0. The van der Waals surface area contributed by atoms with E-state index in [-0.39, 0.29) is 5.91 Å². The lowest BCUT2D eigenvalue weighted by Crippen LogP contribution is -2.36. The standard InChI is InChI=1S/C21H27NO3/c1-5-24-18-12-10-17(11-13-18)14-22-21(23)16(4)25-20-9-7-6-8-19(20)15(2)3/h6-13,15-16H,5,14H2,1-4H3,(H,22,23)/t16-/m1/s1. The number of ether oxygens (including phenoxy) is 2. The summed E-state index contributed by atoms with van der Waals surface area (Å²) < 4.78 is 11.3. The zero-order chi connectivity index (χ0) is 18.2. The Morgan fingerprint density at radius 2 is 1.72 bits per heavy atom. The van der Waals surface area contributed by atoms with Gasteiger partial charge in [-0.2, -0.15) is 0 Å². The summed E-state index contributed by atoms with van der Waals surface area (Å²) in [5.41, 5.74) is 2.13. The molecule has 2 rings (SSSR count). The van der Waals surface area contributed by atoms with Crippen molar-refractivity contribution in [2.24, 2.45) is 0 Å². The highest BCUT2D eigenvalue weighted by Crippen LogP contribution is 2.26. The smallest absolute Gasteiger partial charge is 0.261 e. The lowest BCUT2D eigenvalue weighted by Gasteiger charge is -2.18. The summed E-state index contributed by atoms with van der Waals surface area (Å²) in [5, 5.41) is 2.91. The molecule has 0 saturated heterocycles. The van der Waals surface area contributed by atoms with E-state index in [4.69, 9.17) is 9.47 Å². The second-order valence-corrected chi connectivity index (χ2v) is 6.25. The normalized spacial score (nSPS) is 11.9. The Morgan fingerprint density at radius 1 is 1.04 bits per heavy atom. The zero-order valence-electron chi connectivity index (χ0n) is 15.4. The molecule has 2 aromatic rings. The summed E-state index contributed by atoms with van der Waals surface area (Å²) in [4.78, 5) is 12.3. The molecule has 0 aliphatic rings. The molecule has 1 amide bonds. The van der Waals surface area contributed by atoms with E-state index in [1.165, 1.54) is 0 Å². The second-order valence-electron chi connectivity index (χ2n) is 6.25. The van der Waals surface area contributed by atoms with Crippen LogP contribution in [0, 0.1) is 0 Å². The number of rotatable bonds is 8. The van der Waals surface area contributed by atoms with Crippen molar-refractivity contribution >= 4 is 5.91 Å². The summed E-state index contributed by atoms with van der Waals surface area (Å²) in [6.07, 6.45) is -0.553. The SMILES string of the molecule is CCOc1ccc(CNC(=O)[C@@H](C)Oc2ccccc2C(C)C)cc1. The molecule has 1 atom stereocenters. The number of benzene rings is 2. The largest absolute Gasteiger partial charge is 0.494 e. The molecule has 0 bridgehead atoms. The number of nitrogens with one attached hydrogen (secondary N) is 1. The van der Waals surface area contributed by atoms with E-state index in [1.807, 2.05) is 55.5 Å². The molecule has 0 aliphatic carbocycles. The van der Waals surface area contributed by atoms with Crippen LogP contribution in [0.4, 0.5) is 0 Å². The lowest BCUT2D eigenvalue weighted by atomic mass is 10.0. The van der Waals surface area contributed by atoms with Gasteiger partial charge in [0.15, 0.2) is 6.10 Å². The first-order chi connectivity index (χ1) is 12.0. The van der Waals surface area contributed by atoms with Crippen LogP contribution >= 0.6 is 0 Å². The van der Waals surface area contributed by atoms with Gasteiger partial charge in [0, 0.05) is 6.54 Å². The highest BCUT2D eigenvalue weighted by Gasteiger charge is 2.16. The van der Waals surface area contributed by atoms with Crippen LogP contribution in [0.25, 0.3) is 0 Å². The monoisotopic (exact) mass is 341 g/mol. The Morgan fingerprint density at radius 3 is 2.36 bits per heavy atom. The zero-order valence-corrected chi connectivity index (χ0v) is 15.4. The van der Waals surface area contributed by atoms with Gasteiger partial charge in [0.2, 0.25) is 0 Å². The molecule has 4 heteroatoms. The molecule has 134 valence electrons. The molecule has 0 saturated carbocycles. The highest BCUT2D eigenvalue weighted by molar-refractivity contribution is 5.80. The van der Waals surface area contributed by atoms with E-state index in [0.717, 1.165) is 22.6 Å². The predicted octanol–water partition coefficient (Wildman–Crippen LogP) is 4.29. The molecule has 0 unspecified atom stereocenters. The third-order valence-corrected chi connectivity index (χ3v) is 3.92. The van der Waals surface area contributed by atoms with Crippen molar-refractivity contribution in [3.63, 3.8) is 0 Å². The predicted molar refractivity (Wildman–Crippen MR) is 100 cm³/mol. The van der Waals surface area contributed by atoms with Gasteiger partial charge >= 0.3 is 0 Å². The van der Waals surface area contributed by atoms with E-state index in [0.29, 0.717) is 19.1 Å². The number of para-hydroxylation sites is 1. The Balaban J connectivity index is 1.90. The molecule has 25 heavy (non-hydrogen) atoms. The molecular formula is C21H27NO3. The Hall–Kier alpha value is -2.49. The molecule has 0 fully saturated rings. The lowest BCUT2D eigenvalue weighted by molar-refractivity contribution is -0.127. The fraction of sp³-hybridized carbons (Fsp3) is 0.381. The molecule has 0 spiro atoms. The molecular weight excluding hydrogens is 314 g/mol. The van der Waals surface area contributed by atoms with Crippen molar-refractivity contribution in [2.75, 3.05) is 6.61 Å². The summed E-state index contributed by atoms with van der Waals surface area (Å²) in [6.45, 7) is 9.04. The topological polar surface area (TPSA) is 47.6 Å². The van der Waals surface area contributed by atoms with Gasteiger partial charge in [0.25, 0.3) is 5.91 Å². The van der Waals surface area contributed by atoms with Crippen LogP contribution in [0.1, 0.15) is 44.7 Å². The van der Waals surface area contributed by atoms with Crippen LogP contribution in [0.3, 0.4) is 0 Å². The van der Waals surface area contributed by atoms with Crippen LogP contribution in [0.2, 0.25) is 0 Å². The number of carbonyl (C=O) groups excluding carboxylic acids is 1. The number of amides is 1. The van der Waals surface area contributed by atoms with Crippen LogP contribution < -0.4 is 14.8 Å². The first-order valence-electron chi connectivity index (χ1n) is 8.76. The van der Waals surface area contributed by atoms with E-state index in [1.54, 1.807) is 6.92 Å². The molecule has 0 heterocycles. The minimum Gasteiger partial charge on any atom is -0.494 e. The van der Waals surface area contributed by atoms with Crippen LogP contribution in [-0.4, -0.2) is 18.6 Å². The molecule has 1 N–H and O–H groups in total. The van der Waals surface area contributed by atoms with Crippen molar-refractivity contribution in [1.82, 2.24) is 5.32 Å². The third-order valence-electron chi connectivity index (χ3n) is 3.92. The number of carbonyl (C=O) groups is 1. The molecule has 2 aromatic carbocycles. The van der Waals surface area contributed by atoms with Crippen LogP contribution in [0.15, 0.2) is 48.5 Å². The van der Waals surface area contributed by atoms with E-state index < -0.39 is 6.10 Å². The summed E-state index contributed by atoms with van der Waals surface area (Å²) >= 11 is 0. The summed E-state index contributed by atoms with van der Waals surface area (Å²) in [5.74, 6) is 1.81. The average molecular weight is 341 g/mol. The van der Waals surface area contributed by atoms with E-state index in [9.17, 15) is 4.79 Å². The van der Waals surface area contributed by atoms with E-state index in [2.05, 4.69) is 19.2 Å². The Kier molecular flexibility index (Phi) is 6.87. The fourth-order valence-electron chi connectivity index (χ4n) is 2.51. The van der Waals surface area contributed by atoms with Crippen molar-refractivity contribution in [1.29, 1.82) is 0 Å². The van der Waals surface area contributed by atoms with E-state index >= 15 is 0 Å². The van der Waals surface area contributed by atoms with Crippen molar-refractivity contribution in [2.45, 2.75) is 46.3 Å². The second kappa shape index (κ2) is 9.11. The highest BCUT2D eigenvalue weighted by atomic mass is 16.5. The van der Waals surface area contributed by atoms with Crippen molar-refractivity contribution < 1.29 is 14.3 Å². The van der Waals surface area contributed by atoms with Gasteiger partial charge < -0.3 is 14.8 Å². The van der Waals surface area contributed by atoms with Gasteiger partial charge in [-0.05, 0) is 49.1 Å². The van der Waals surface area contributed by atoms with Gasteiger partial charge in [-0.3, -0.25) is 4.79 Å². The van der Waals surface area contributed by atoms with Crippen molar-refractivity contribution in [3.8, 4) is 11.5 Å². The molecule has 4 nitrogen and oxygen atoms in total. The maximum absolute atomic E-state index is 12.3. The van der Waals surface area contributed by atoms with Gasteiger partial charge in [-0.15, -0.1) is 0 Å². The van der Waals surface area contributed by atoms with Gasteiger partial charge in [-0.25, -0.2) is 0 Å². The third kappa shape index (κ3) is 5.52. The number of hydrogen-bond acceptors (Lipinski definition) is 3. The average Bonchev–Trinajstić information content (AvgIpc) is 2.61. The summed E-state index contributed by atoms with van der Waals surface area (Å²) in [6, 6.07) is 15.6. The number of hydrogen-bond donors (Lipinski definition) is 1. The minimum absolute atomic E-state index is 0.132. The maximum atomic E-state index is 12.3. The minimum atomic E-state index is -0.553. The first kappa shape index (κ1) is 18.8. The van der Waals surface area contributed by atoms with Crippen molar-refractivity contribution in [3.05, 3.63) is 59.7 Å². The maximum Gasteiger partial charge on any atom is 0.261 e. The fourth-order valence-corrected chi connectivity index (χ4v) is 2.51. The van der Waals surface area contributed by atoms with Gasteiger partial charge in [0.05, 0.1) is 6.61 Å². The molecule has 0 radical (unpaired) electrons. The Bertz CT molecular complexity index is 680. The van der Waals surface area contributed by atoms with Crippen LogP contribution in [0.5, 0.6) is 11.5 Å². The molecule has 0 aromatic heterocycles. The quantitative estimate of drug-likeness (QED) is 0.779. The van der Waals surface area contributed by atoms with Crippen LogP contribution in [-0.2, 0) is 11.3 Å².